The Morgan fingerprint density at radius 1 is 1.16 bits per heavy atom. The monoisotopic (exact) mass is 454 g/mol. The van der Waals surface area contributed by atoms with E-state index in [2.05, 4.69) is 39.9 Å². The van der Waals surface area contributed by atoms with Crippen LogP contribution in [0.15, 0.2) is 58.8 Å². The molecule has 0 spiro atoms. The number of anilines is 1. The number of amides is 1. The van der Waals surface area contributed by atoms with Crippen molar-refractivity contribution in [1.29, 1.82) is 0 Å². The molecule has 1 aromatic heterocycles. The SMILES string of the molecule is COc1cc2c(cc1OC)[C@@H](c1cccs1)N(CC(=O)Nc1ccccc1SC)CC2. The van der Waals surface area contributed by atoms with E-state index in [9.17, 15) is 4.79 Å². The smallest absolute Gasteiger partial charge is 0.238 e. The summed E-state index contributed by atoms with van der Waals surface area (Å²) in [6.07, 6.45) is 2.87. The highest BCUT2D eigenvalue weighted by Gasteiger charge is 2.32. The number of carbonyl (C=O) groups is 1. The predicted molar refractivity (Wildman–Crippen MR) is 128 cm³/mol. The average Bonchev–Trinajstić information content (AvgIpc) is 3.32. The van der Waals surface area contributed by atoms with Crippen molar-refractivity contribution < 1.29 is 14.3 Å². The number of rotatable bonds is 7. The molecule has 1 N–H and O–H groups in total. The molecule has 3 aromatic rings. The van der Waals surface area contributed by atoms with E-state index < -0.39 is 0 Å². The van der Waals surface area contributed by atoms with Crippen molar-refractivity contribution in [1.82, 2.24) is 4.90 Å². The summed E-state index contributed by atoms with van der Waals surface area (Å²) in [4.78, 5) is 17.5. The molecule has 31 heavy (non-hydrogen) atoms. The molecule has 1 amide bonds. The minimum atomic E-state index is -0.00742. The minimum absolute atomic E-state index is 0.00472. The number of hydrogen-bond donors (Lipinski definition) is 1. The van der Waals surface area contributed by atoms with Gasteiger partial charge < -0.3 is 14.8 Å². The number of benzene rings is 2. The quantitative estimate of drug-likeness (QED) is 0.505. The topological polar surface area (TPSA) is 50.8 Å². The van der Waals surface area contributed by atoms with Crippen molar-refractivity contribution in [2.24, 2.45) is 0 Å². The van der Waals surface area contributed by atoms with Gasteiger partial charge in [-0.1, -0.05) is 18.2 Å². The molecule has 0 fully saturated rings. The van der Waals surface area contributed by atoms with Crippen LogP contribution in [0.4, 0.5) is 5.69 Å². The Kier molecular flexibility index (Phi) is 6.85. The highest BCUT2D eigenvalue weighted by atomic mass is 32.2. The molecule has 1 aliphatic heterocycles. The van der Waals surface area contributed by atoms with Gasteiger partial charge in [0.05, 0.1) is 32.5 Å². The molecule has 0 saturated carbocycles. The summed E-state index contributed by atoms with van der Waals surface area (Å²) < 4.78 is 11.1. The maximum Gasteiger partial charge on any atom is 0.238 e. The molecular formula is C24H26N2O3S2. The molecule has 1 aliphatic rings. The van der Waals surface area contributed by atoms with Crippen LogP contribution in [0, 0.1) is 0 Å². The third kappa shape index (κ3) is 4.59. The zero-order chi connectivity index (χ0) is 21.8. The molecule has 7 heteroatoms. The van der Waals surface area contributed by atoms with Gasteiger partial charge in [0.1, 0.15) is 0 Å². The van der Waals surface area contributed by atoms with E-state index in [1.54, 1.807) is 37.3 Å². The van der Waals surface area contributed by atoms with Crippen LogP contribution >= 0.6 is 23.1 Å². The lowest BCUT2D eigenvalue weighted by atomic mass is 9.91. The molecule has 0 radical (unpaired) electrons. The summed E-state index contributed by atoms with van der Waals surface area (Å²) in [5.41, 5.74) is 3.26. The van der Waals surface area contributed by atoms with E-state index >= 15 is 0 Å². The van der Waals surface area contributed by atoms with Gasteiger partial charge in [0.2, 0.25) is 5.91 Å². The first-order valence-electron chi connectivity index (χ1n) is 10.1. The number of thioether (sulfide) groups is 1. The van der Waals surface area contributed by atoms with Crippen molar-refractivity contribution >= 4 is 34.7 Å². The summed E-state index contributed by atoms with van der Waals surface area (Å²) in [6, 6.07) is 16.2. The second-order valence-corrected chi connectivity index (χ2v) is 9.12. The molecule has 0 bridgehead atoms. The van der Waals surface area contributed by atoms with E-state index in [4.69, 9.17) is 9.47 Å². The van der Waals surface area contributed by atoms with Gasteiger partial charge in [-0.05, 0) is 59.5 Å². The Labute approximate surface area is 191 Å². The fourth-order valence-corrected chi connectivity index (χ4v) is 5.50. The van der Waals surface area contributed by atoms with Crippen LogP contribution in [0.2, 0.25) is 0 Å². The Balaban J connectivity index is 1.63. The maximum absolute atomic E-state index is 13.0. The van der Waals surface area contributed by atoms with Crippen LogP contribution in [0.1, 0.15) is 22.0 Å². The molecule has 0 saturated heterocycles. The molecule has 162 valence electrons. The number of para-hydroxylation sites is 1. The van der Waals surface area contributed by atoms with Gasteiger partial charge in [0.15, 0.2) is 11.5 Å². The molecule has 0 aliphatic carbocycles. The normalized spacial score (nSPS) is 15.9. The van der Waals surface area contributed by atoms with E-state index in [0.29, 0.717) is 12.3 Å². The lowest BCUT2D eigenvalue weighted by Gasteiger charge is -2.37. The fraction of sp³-hybridized carbons (Fsp3) is 0.292. The highest BCUT2D eigenvalue weighted by Crippen LogP contribution is 2.42. The first-order valence-corrected chi connectivity index (χ1v) is 12.2. The average molecular weight is 455 g/mol. The van der Waals surface area contributed by atoms with Gasteiger partial charge in [-0.2, -0.15) is 0 Å². The summed E-state index contributed by atoms with van der Waals surface area (Å²) in [5.74, 6) is 1.45. The van der Waals surface area contributed by atoms with Gasteiger partial charge in [-0.15, -0.1) is 23.1 Å². The van der Waals surface area contributed by atoms with E-state index in [-0.39, 0.29) is 11.9 Å². The third-order valence-corrected chi connectivity index (χ3v) is 7.23. The number of carbonyl (C=O) groups excluding carboxylic acids is 1. The Morgan fingerprint density at radius 2 is 1.94 bits per heavy atom. The van der Waals surface area contributed by atoms with E-state index in [0.717, 1.165) is 29.3 Å². The van der Waals surface area contributed by atoms with E-state index in [1.165, 1.54) is 16.0 Å². The molecule has 2 heterocycles. The van der Waals surface area contributed by atoms with Crippen LogP contribution in [0.3, 0.4) is 0 Å². The molecule has 4 rings (SSSR count). The second-order valence-electron chi connectivity index (χ2n) is 7.29. The standard InChI is InChI=1S/C24H26N2O3S2/c1-28-19-13-16-10-11-26(15-23(27)25-18-7-4-5-8-21(18)30-3)24(22-9-6-12-31-22)17(16)14-20(19)29-2/h4-9,12-14,24H,10-11,15H2,1-3H3,(H,25,27)/t24-/m0/s1. The van der Waals surface area contributed by atoms with Crippen molar-refractivity contribution in [3.8, 4) is 11.5 Å². The Bertz CT molecular complexity index is 1050. The van der Waals surface area contributed by atoms with Crippen molar-refractivity contribution in [2.75, 3.05) is 38.9 Å². The first-order chi connectivity index (χ1) is 15.1. The number of methoxy groups -OCH3 is 2. The second kappa shape index (κ2) is 9.77. The number of nitrogens with zero attached hydrogens (tertiary/aromatic N) is 1. The third-order valence-electron chi connectivity index (χ3n) is 5.51. The minimum Gasteiger partial charge on any atom is -0.493 e. The zero-order valence-corrected chi connectivity index (χ0v) is 19.5. The predicted octanol–water partition coefficient (Wildman–Crippen LogP) is 5.07. The lowest BCUT2D eigenvalue weighted by molar-refractivity contribution is -0.117. The van der Waals surface area contributed by atoms with E-state index in [1.807, 2.05) is 30.5 Å². The molecule has 0 unspecified atom stereocenters. The molecule has 5 nitrogen and oxygen atoms in total. The summed E-state index contributed by atoms with van der Waals surface area (Å²) in [7, 11) is 3.31. The van der Waals surface area contributed by atoms with Crippen molar-refractivity contribution in [3.05, 3.63) is 69.9 Å². The van der Waals surface area contributed by atoms with Crippen molar-refractivity contribution in [2.45, 2.75) is 17.4 Å². The Morgan fingerprint density at radius 3 is 2.65 bits per heavy atom. The van der Waals surface area contributed by atoms with Crippen LogP contribution < -0.4 is 14.8 Å². The molecule has 2 aromatic carbocycles. The zero-order valence-electron chi connectivity index (χ0n) is 17.9. The summed E-state index contributed by atoms with van der Waals surface area (Å²) in [5, 5.41) is 5.18. The number of thiophene rings is 1. The fourth-order valence-electron chi connectivity index (χ4n) is 4.07. The van der Waals surface area contributed by atoms with Crippen LogP contribution in [0.5, 0.6) is 11.5 Å². The Hall–Kier alpha value is -2.48. The van der Waals surface area contributed by atoms with Crippen LogP contribution in [-0.4, -0.2) is 44.4 Å². The number of ether oxygens (including phenoxy) is 2. The van der Waals surface area contributed by atoms with Gasteiger partial charge in [-0.25, -0.2) is 0 Å². The molecular weight excluding hydrogens is 428 g/mol. The maximum atomic E-state index is 13.0. The van der Waals surface area contributed by atoms with Gasteiger partial charge in [0, 0.05) is 16.3 Å². The largest absolute Gasteiger partial charge is 0.493 e. The first kappa shape index (κ1) is 21.7. The van der Waals surface area contributed by atoms with Crippen molar-refractivity contribution in [3.63, 3.8) is 0 Å². The van der Waals surface area contributed by atoms with Crippen LogP contribution in [-0.2, 0) is 11.2 Å². The van der Waals surface area contributed by atoms with Gasteiger partial charge in [-0.3, -0.25) is 9.69 Å². The summed E-state index contributed by atoms with van der Waals surface area (Å²) in [6.45, 7) is 1.11. The summed E-state index contributed by atoms with van der Waals surface area (Å²) >= 11 is 3.34. The van der Waals surface area contributed by atoms with Gasteiger partial charge in [0.25, 0.3) is 0 Å². The molecule has 1 atom stereocenters. The number of fused-ring (bicyclic) bond motifs is 1. The number of hydrogen-bond acceptors (Lipinski definition) is 6. The number of nitrogens with one attached hydrogen (secondary N) is 1. The lowest BCUT2D eigenvalue weighted by Crippen LogP contribution is -2.41. The van der Waals surface area contributed by atoms with Crippen LogP contribution in [0.25, 0.3) is 0 Å². The van der Waals surface area contributed by atoms with Gasteiger partial charge >= 0.3 is 0 Å². The highest BCUT2D eigenvalue weighted by molar-refractivity contribution is 7.98.